The van der Waals surface area contributed by atoms with Crippen LogP contribution in [0.3, 0.4) is 0 Å². The Morgan fingerprint density at radius 1 is 0.359 bits per heavy atom. The third kappa shape index (κ3) is 13.6. The Labute approximate surface area is 252 Å². The zero-order chi connectivity index (χ0) is 31.6. The summed E-state index contributed by atoms with van der Waals surface area (Å²) >= 11 is 0. The Bertz CT molecular complexity index is 749. The van der Waals surface area contributed by atoms with Crippen LogP contribution in [0, 0.1) is 0 Å². The van der Waals surface area contributed by atoms with Crippen molar-refractivity contribution in [3.8, 4) is 0 Å². The fraction of sp³-hybridized carbons (Fsp3) is 0.833. The largest absolute Gasteiger partial charge is 0.0911 e. The summed E-state index contributed by atoms with van der Waals surface area (Å²) in [6.45, 7) is 50.7. The highest BCUT2D eigenvalue weighted by Gasteiger charge is 2.42. The molecule has 0 atom stereocenters. The van der Waals surface area contributed by atoms with Crippen LogP contribution in [0.15, 0.2) is 24.3 Å². The van der Waals surface area contributed by atoms with E-state index in [1.165, 1.54) is 12.3 Å². The summed E-state index contributed by atoms with van der Waals surface area (Å²) < 4.78 is 0. The summed E-state index contributed by atoms with van der Waals surface area (Å²) in [7, 11) is -0.202. The lowest BCUT2D eigenvalue weighted by Crippen LogP contribution is -2.34. The molecule has 0 saturated carbocycles. The molecule has 0 aliphatic heterocycles. The van der Waals surface area contributed by atoms with Crippen LogP contribution in [-0.4, -0.2) is 36.1 Å². The maximum absolute atomic E-state index is 2.43. The van der Waals surface area contributed by atoms with Crippen LogP contribution in [0.4, 0.5) is 0 Å². The van der Waals surface area contributed by atoms with Crippen LogP contribution >= 0.6 is 23.8 Å². The van der Waals surface area contributed by atoms with Crippen LogP contribution in [-0.2, 0) is 12.3 Å². The summed E-state index contributed by atoms with van der Waals surface area (Å²) in [5.74, 6) is 0. The predicted octanol–water partition coefficient (Wildman–Crippen LogP) is 13.7. The molecule has 3 heteroatoms. The van der Waals surface area contributed by atoms with Gasteiger partial charge in [0.05, 0.1) is 0 Å². The van der Waals surface area contributed by atoms with Crippen molar-refractivity contribution in [1.82, 2.24) is 0 Å². The van der Waals surface area contributed by atoms with Gasteiger partial charge in [-0.25, -0.2) is 0 Å². The normalized spacial score (nSPS) is 14.7. The second kappa shape index (κ2) is 13.4. The van der Waals surface area contributed by atoms with Gasteiger partial charge in [-0.05, 0) is 59.5 Å². The fourth-order valence-corrected chi connectivity index (χ4v) is 20.4. The summed E-state index contributed by atoms with van der Waals surface area (Å²) in [5.41, 5.74) is 3.20. The van der Waals surface area contributed by atoms with E-state index in [4.69, 9.17) is 0 Å². The zero-order valence-corrected chi connectivity index (χ0v) is 33.2. The van der Waals surface area contributed by atoms with E-state index in [1.807, 2.05) is 0 Å². The van der Waals surface area contributed by atoms with Crippen molar-refractivity contribution < 1.29 is 0 Å². The topological polar surface area (TPSA) is 0 Å². The molecule has 230 valence electrons. The molecule has 0 aromatic heterocycles. The molecule has 0 nitrogen and oxygen atoms in total. The smallest absolute Gasteiger partial charge is 0.00608 e. The van der Waals surface area contributed by atoms with Crippen molar-refractivity contribution in [1.29, 1.82) is 0 Å². The molecule has 0 saturated heterocycles. The molecule has 39 heavy (non-hydrogen) atoms. The first-order valence-corrected chi connectivity index (χ1v) is 19.6. The summed E-state index contributed by atoms with van der Waals surface area (Å²) in [4.78, 5) is 0. The highest BCUT2D eigenvalue weighted by Crippen LogP contribution is 2.67. The van der Waals surface area contributed by atoms with E-state index in [9.17, 15) is 0 Å². The summed E-state index contributed by atoms with van der Waals surface area (Å²) in [5, 5.41) is 2.85. The van der Waals surface area contributed by atoms with E-state index in [2.05, 4.69) is 170 Å². The molecule has 0 amide bonds. The minimum absolute atomic E-state index is 0.0162. The van der Waals surface area contributed by atoms with E-state index in [1.54, 1.807) is 11.1 Å². The van der Waals surface area contributed by atoms with Gasteiger partial charge in [-0.15, -0.1) is 0 Å². The lowest BCUT2D eigenvalue weighted by Gasteiger charge is -2.49. The lowest BCUT2D eigenvalue weighted by molar-refractivity contribution is 0.644. The molecule has 0 bridgehead atoms. The third-order valence-corrected chi connectivity index (χ3v) is 18.8. The van der Waals surface area contributed by atoms with Crippen LogP contribution in [0.25, 0.3) is 0 Å². The van der Waals surface area contributed by atoms with Gasteiger partial charge >= 0.3 is 0 Å². The van der Waals surface area contributed by atoms with E-state index >= 15 is 0 Å². The quantitative estimate of drug-likeness (QED) is 0.303. The van der Waals surface area contributed by atoms with Crippen molar-refractivity contribution in [3.63, 3.8) is 0 Å². The Kier molecular flexibility index (Phi) is 13.6. The number of rotatable bonds is 4. The van der Waals surface area contributed by atoms with Crippen molar-refractivity contribution in [2.75, 3.05) is 0 Å². The van der Waals surface area contributed by atoms with Gasteiger partial charge in [-0.2, -0.15) is 0 Å². The molecular formula is C36H71P3. The predicted molar refractivity (Wildman–Crippen MR) is 193 cm³/mol. The van der Waals surface area contributed by atoms with E-state index in [-0.39, 0.29) is 23.8 Å². The molecule has 0 fully saturated rings. The maximum atomic E-state index is 2.43. The van der Waals surface area contributed by atoms with Gasteiger partial charge in [0, 0.05) is 0 Å². The monoisotopic (exact) mass is 596 g/mol. The standard InChI is InChI=1S/C24H44P2.C12H27P/c1-21(2,3)25(22(4,5)6)17-19-15-13-14-16-20(19)18-26(23(7,8)9)24(10,11)12;1-10(2,3)13(11(4,5)6)12(7,8)9/h13-16H,17-18H2,1-12H3;1-9H3. The summed E-state index contributed by atoms with van der Waals surface area (Å²) in [6, 6.07) is 9.30. The SMILES string of the molecule is CC(C)(C)P(C(C)(C)C)C(C)(C)C.CC(C)(C)P(Cc1ccccc1CP(C(C)(C)C)C(C)(C)C)C(C)(C)C. The third-order valence-electron chi connectivity index (χ3n) is 7.03. The molecule has 1 aromatic carbocycles. The van der Waals surface area contributed by atoms with Gasteiger partial charge in [0.25, 0.3) is 0 Å². The highest BCUT2D eigenvalue weighted by atomic mass is 31.1. The van der Waals surface area contributed by atoms with E-state index in [0.717, 1.165) is 0 Å². The molecule has 0 N–H and O–H groups in total. The second-order valence-electron chi connectivity index (χ2n) is 18.5. The second-order valence-corrected chi connectivity index (χ2v) is 30.9. The first-order chi connectivity index (χ1) is 16.8. The number of hydrogen-bond acceptors (Lipinski definition) is 0. The van der Waals surface area contributed by atoms with Crippen LogP contribution in [0.1, 0.15) is 157 Å². The first kappa shape index (κ1) is 39.5. The van der Waals surface area contributed by atoms with E-state index in [0.29, 0.717) is 36.1 Å². The minimum Gasteiger partial charge on any atom is -0.0911 e. The van der Waals surface area contributed by atoms with Crippen LogP contribution in [0.2, 0.25) is 0 Å². The Balaban J connectivity index is 0.000000935. The number of hydrogen-bond donors (Lipinski definition) is 0. The van der Waals surface area contributed by atoms with Gasteiger partial charge in [0.1, 0.15) is 0 Å². The molecule has 0 unspecified atom stereocenters. The summed E-state index contributed by atoms with van der Waals surface area (Å²) in [6.07, 6.45) is 2.49. The highest BCUT2D eigenvalue weighted by molar-refractivity contribution is 7.62. The van der Waals surface area contributed by atoms with Gasteiger partial charge in [0.2, 0.25) is 0 Å². The van der Waals surface area contributed by atoms with Crippen molar-refractivity contribution in [3.05, 3.63) is 35.4 Å². The Morgan fingerprint density at radius 2 is 0.564 bits per heavy atom. The molecule has 0 spiro atoms. The van der Waals surface area contributed by atoms with Crippen molar-refractivity contribution >= 4 is 23.8 Å². The van der Waals surface area contributed by atoms with Gasteiger partial charge in [0.15, 0.2) is 0 Å². The molecule has 1 aromatic rings. The van der Waals surface area contributed by atoms with Gasteiger partial charge in [-0.3, -0.25) is 0 Å². The lowest BCUT2D eigenvalue weighted by atomic mass is 10.1. The molecule has 0 aliphatic rings. The number of benzene rings is 1. The zero-order valence-electron chi connectivity index (χ0n) is 30.6. The van der Waals surface area contributed by atoms with Crippen LogP contribution in [0.5, 0.6) is 0 Å². The average molecular weight is 597 g/mol. The molecule has 1 rings (SSSR count). The molecule has 0 heterocycles. The van der Waals surface area contributed by atoms with Gasteiger partial charge in [-0.1, -0.05) is 193 Å². The van der Waals surface area contributed by atoms with Crippen LogP contribution < -0.4 is 0 Å². The van der Waals surface area contributed by atoms with E-state index < -0.39 is 0 Å². The molecule has 0 radical (unpaired) electrons. The first-order valence-electron chi connectivity index (χ1n) is 15.2. The van der Waals surface area contributed by atoms with Gasteiger partial charge < -0.3 is 0 Å². The minimum atomic E-state index is -0.109. The maximum Gasteiger partial charge on any atom is -0.00608 e. The molecule has 0 aliphatic carbocycles. The van der Waals surface area contributed by atoms with Crippen molar-refractivity contribution in [2.45, 2.75) is 194 Å². The Morgan fingerprint density at radius 3 is 0.692 bits per heavy atom. The Hall–Kier alpha value is 0.510. The van der Waals surface area contributed by atoms with Crippen molar-refractivity contribution in [2.24, 2.45) is 0 Å². The molecular weight excluding hydrogens is 525 g/mol. The fourth-order valence-electron chi connectivity index (χ4n) is 7.19. The average Bonchev–Trinajstić information content (AvgIpc) is 2.57.